The first-order chi connectivity index (χ1) is 16.1. The van der Waals surface area contributed by atoms with Gasteiger partial charge in [-0.05, 0) is 30.7 Å². The third kappa shape index (κ3) is 5.38. The molecule has 0 aliphatic heterocycles. The lowest BCUT2D eigenvalue weighted by Gasteiger charge is -2.15. The molecule has 0 aliphatic rings. The molecule has 0 spiro atoms. The molecule has 1 unspecified atom stereocenters. The van der Waals surface area contributed by atoms with Crippen molar-refractivity contribution in [2.24, 2.45) is 0 Å². The minimum absolute atomic E-state index is 0.0834. The Kier molecular flexibility index (Phi) is 7.32. The first-order valence-electron chi connectivity index (χ1n) is 10.4. The van der Waals surface area contributed by atoms with Crippen LogP contribution in [0.5, 0.6) is 5.75 Å². The zero-order chi connectivity index (χ0) is 23.2. The Morgan fingerprint density at radius 1 is 1.06 bits per heavy atom. The molecule has 1 amide bonds. The second-order valence-corrected chi connectivity index (χ2v) is 8.66. The van der Waals surface area contributed by atoms with E-state index >= 15 is 0 Å². The van der Waals surface area contributed by atoms with Crippen LogP contribution >= 0.6 is 23.4 Å². The normalized spacial score (nSPS) is 11.7. The average Bonchev–Trinajstić information content (AvgIpc) is 3.28. The number of benzene rings is 3. The fraction of sp³-hybridized carbons (Fsp3) is 0.160. The van der Waals surface area contributed by atoms with Crippen molar-refractivity contribution < 1.29 is 9.53 Å². The topological polar surface area (TPSA) is 69.0 Å². The molecule has 1 aromatic heterocycles. The summed E-state index contributed by atoms with van der Waals surface area (Å²) >= 11 is 7.71. The van der Waals surface area contributed by atoms with Gasteiger partial charge in [-0.2, -0.15) is 0 Å². The number of carbonyl (C=O) groups is 1. The Labute approximate surface area is 202 Å². The molecule has 1 N–H and O–H groups in total. The van der Waals surface area contributed by atoms with Crippen LogP contribution in [0, 0.1) is 0 Å². The van der Waals surface area contributed by atoms with Crippen molar-refractivity contribution in [2.45, 2.75) is 18.1 Å². The standard InChI is InChI=1S/C25H23ClN4O2S/c1-17(18-9-5-3-6-10-18)27-23(31)16-33-25-29-28-24(19-11-7-4-8-12-19)30(25)20-13-14-22(32-2)21(26)15-20/h3-15,17H,16H2,1-2H3,(H,27,31). The molecule has 3 aromatic carbocycles. The summed E-state index contributed by atoms with van der Waals surface area (Å²) in [6.07, 6.45) is 0. The van der Waals surface area contributed by atoms with Crippen molar-refractivity contribution in [3.05, 3.63) is 89.4 Å². The molecule has 1 heterocycles. The number of hydrogen-bond acceptors (Lipinski definition) is 5. The molecule has 33 heavy (non-hydrogen) atoms. The maximum absolute atomic E-state index is 12.6. The number of rotatable bonds is 8. The van der Waals surface area contributed by atoms with Gasteiger partial charge in [0.1, 0.15) is 5.75 Å². The van der Waals surface area contributed by atoms with Crippen LogP contribution in [0.4, 0.5) is 0 Å². The van der Waals surface area contributed by atoms with Crippen LogP contribution in [0.3, 0.4) is 0 Å². The van der Waals surface area contributed by atoms with Crippen LogP contribution in [0.2, 0.25) is 5.02 Å². The number of carbonyl (C=O) groups excluding carboxylic acids is 1. The maximum Gasteiger partial charge on any atom is 0.230 e. The van der Waals surface area contributed by atoms with Gasteiger partial charge in [-0.1, -0.05) is 84.0 Å². The van der Waals surface area contributed by atoms with E-state index in [1.165, 1.54) is 11.8 Å². The molecule has 0 saturated heterocycles. The van der Waals surface area contributed by atoms with Gasteiger partial charge in [0.15, 0.2) is 11.0 Å². The average molecular weight is 479 g/mol. The summed E-state index contributed by atoms with van der Waals surface area (Å²) in [5, 5.41) is 12.9. The van der Waals surface area contributed by atoms with Gasteiger partial charge in [-0.15, -0.1) is 10.2 Å². The van der Waals surface area contributed by atoms with E-state index in [0.29, 0.717) is 21.8 Å². The number of halogens is 1. The highest BCUT2D eigenvalue weighted by Gasteiger charge is 2.19. The monoisotopic (exact) mass is 478 g/mol. The molecule has 0 bridgehead atoms. The van der Waals surface area contributed by atoms with Gasteiger partial charge in [0.25, 0.3) is 0 Å². The summed E-state index contributed by atoms with van der Waals surface area (Å²) in [5.74, 6) is 1.36. The summed E-state index contributed by atoms with van der Waals surface area (Å²) in [6.45, 7) is 1.97. The second-order valence-electron chi connectivity index (χ2n) is 7.32. The molecule has 0 aliphatic carbocycles. The fourth-order valence-corrected chi connectivity index (χ4v) is 4.42. The van der Waals surface area contributed by atoms with Gasteiger partial charge < -0.3 is 10.1 Å². The van der Waals surface area contributed by atoms with Crippen LogP contribution in [0.15, 0.2) is 84.0 Å². The predicted octanol–water partition coefficient (Wildman–Crippen LogP) is 5.57. The molecule has 1 atom stereocenters. The molecule has 0 saturated carbocycles. The summed E-state index contributed by atoms with van der Waals surface area (Å²) in [4.78, 5) is 12.6. The third-order valence-corrected chi connectivity index (χ3v) is 6.29. The SMILES string of the molecule is COc1ccc(-n2c(SCC(=O)NC(C)c3ccccc3)nnc2-c2ccccc2)cc1Cl. The van der Waals surface area contributed by atoms with Gasteiger partial charge in [-0.3, -0.25) is 9.36 Å². The predicted molar refractivity (Wildman–Crippen MR) is 132 cm³/mol. The van der Waals surface area contributed by atoms with Crippen LogP contribution in [0.1, 0.15) is 18.5 Å². The fourth-order valence-electron chi connectivity index (χ4n) is 3.40. The van der Waals surface area contributed by atoms with Crippen molar-refractivity contribution in [3.8, 4) is 22.8 Å². The number of nitrogens with one attached hydrogen (secondary N) is 1. The Bertz CT molecular complexity index is 1230. The van der Waals surface area contributed by atoms with E-state index in [9.17, 15) is 4.79 Å². The van der Waals surface area contributed by atoms with Crippen molar-refractivity contribution >= 4 is 29.3 Å². The molecule has 6 nitrogen and oxygen atoms in total. The zero-order valence-electron chi connectivity index (χ0n) is 18.2. The lowest BCUT2D eigenvalue weighted by atomic mass is 10.1. The van der Waals surface area contributed by atoms with E-state index in [2.05, 4.69) is 15.5 Å². The lowest BCUT2D eigenvalue weighted by molar-refractivity contribution is -0.119. The van der Waals surface area contributed by atoms with Gasteiger partial charge in [0.05, 0.1) is 29.6 Å². The Balaban J connectivity index is 1.58. The van der Waals surface area contributed by atoms with E-state index in [1.807, 2.05) is 78.2 Å². The molecule has 8 heteroatoms. The molecule has 4 aromatic rings. The summed E-state index contributed by atoms with van der Waals surface area (Å²) in [7, 11) is 1.57. The molecule has 168 valence electrons. The number of hydrogen-bond donors (Lipinski definition) is 1. The van der Waals surface area contributed by atoms with Crippen molar-refractivity contribution in [2.75, 3.05) is 12.9 Å². The van der Waals surface area contributed by atoms with Crippen molar-refractivity contribution in [1.82, 2.24) is 20.1 Å². The number of thioether (sulfide) groups is 1. The smallest absolute Gasteiger partial charge is 0.230 e. The molecule has 4 rings (SSSR count). The van der Waals surface area contributed by atoms with Gasteiger partial charge in [-0.25, -0.2) is 0 Å². The first-order valence-corrected chi connectivity index (χ1v) is 11.7. The Morgan fingerprint density at radius 3 is 2.42 bits per heavy atom. The second kappa shape index (κ2) is 10.6. The third-order valence-electron chi connectivity index (χ3n) is 5.07. The number of nitrogens with zero attached hydrogens (tertiary/aromatic N) is 3. The van der Waals surface area contributed by atoms with Gasteiger partial charge >= 0.3 is 0 Å². The molecular formula is C25H23ClN4O2S. The van der Waals surface area contributed by atoms with Crippen LogP contribution in [0.25, 0.3) is 17.1 Å². The lowest BCUT2D eigenvalue weighted by Crippen LogP contribution is -2.28. The quantitative estimate of drug-likeness (QED) is 0.335. The largest absolute Gasteiger partial charge is 0.495 e. The number of methoxy groups -OCH3 is 1. The maximum atomic E-state index is 12.6. The summed E-state index contributed by atoms with van der Waals surface area (Å²) in [6, 6.07) is 25.0. The summed E-state index contributed by atoms with van der Waals surface area (Å²) in [5.41, 5.74) is 2.74. The molecule has 0 radical (unpaired) electrons. The van der Waals surface area contributed by atoms with E-state index in [-0.39, 0.29) is 17.7 Å². The minimum Gasteiger partial charge on any atom is -0.495 e. The highest BCUT2D eigenvalue weighted by atomic mass is 35.5. The summed E-state index contributed by atoms with van der Waals surface area (Å²) < 4.78 is 7.19. The van der Waals surface area contributed by atoms with E-state index in [1.54, 1.807) is 19.2 Å². The van der Waals surface area contributed by atoms with E-state index in [4.69, 9.17) is 16.3 Å². The van der Waals surface area contributed by atoms with Crippen LogP contribution < -0.4 is 10.1 Å². The highest BCUT2D eigenvalue weighted by molar-refractivity contribution is 7.99. The number of ether oxygens (including phenoxy) is 1. The molecular weight excluding hydrogens is 456 g/mol. The van der Waals surface area contributed by atoms with Gasteiger partial charge in [0.2, 0.25) is 5.91 Å². The van der Waals surface area contributed by atoms with E-state index in [0.717, 1.165) is 16.8 Å². The first kappa shape index (κ1) is 22.9. The zero-order valence-corrected chi connectivity index (χ0v) is 19.8. The van der Waals surface area contributed by atoms with Crippen LogP contribution in [-0.4, -0.2) is 33.5 Å². The van der Waals surface area contributed by atoms with Crippen molar-refractivity contribution in [3.63, 3.8) is 0 Å². The number of aromatic nitrogens is 3. The number of amides is 1. The van der Waals surface area contributed by atoms with Crippen LogP contribution in [-0.2, 0) is 4.79 Å². The minimum atomic E-state index is -0.0857. The molecule has 0 fully saturated rings. The van der Waals surface area contributed by atoms with E-state index < -0.39 is 0 Å². The Morgan fingerprint density at radius 2 is 1.76 bits per heavy atom. The van der Waals surface area contributed by atoms with Crippen molar-refractivity contribution in [1.29, 1.82) is 0 Å². The highest BCUT2D eigenvalue weighted by Crippen LogP contribution is 2.32. The van der Waals surface area contributed by atoms with Gasteiger partial charge in [0, 0.05) is 5.56 Å². The Hall–Kier alpha value is -3.29.